The monoisotopic (exact) mass is 528 g/mol. The number of hydrogen-bond donors (Lipinski definition) is 2. The van der Waals surface area contributed by atoms with Crippen molar-refractivity contribution in [2.75, 3.05) is 44.2 Å². The molecule has 2 aliphatic rings. The smallest absolute Gasteiger partial charge is 0.251 e. The maximum absolute atomic E-state index is 12.9. The van der Waals surface area contributed by atoms with E-state index in [1.807, 2.05) is 30.3 Å². The lowest BCUT2D eigenvalue weighted by molar-refractivity contribution is 0.0951. The van der Waals surface area contributed by atoms with Crippen LogP contribution in [0.5, 0.6) is 5.75 Å². The van der Waals surface area contributed by atoms with Crippen LogP contribution in [0.4, 0.5) is 11.4 Å². The second-order valence-electron chi connectivity index (χ2n) is 10.00. The molecular formula is C31H36N4O2S. The summed E-state index contributed by atoms with van der Waals surface area (Å²) in [5, 5.41) is 13.0. The van der Waals surface area contributed by atoms with Gasteiger partial charge in [0, 0.05) is 71.1 Å². The van der Waals surface area contributed by atoms with Crippen LogP contribution in [-0.4, -0.2) is 60.9 Å². The number of nitrogens with one attached hydrogen (secondary N) is 1. The first-order chi connectivity index (χ1) is 18.5. The summed E-state index contributed by atoms with van der Waals surface area (Å²) in [5.41, 5.74) is 6.12. The van der Waals surface area contributed by atoms with Gasteiger partial charge in [0.05, 0.1) is 5.69 Å². The number of aromatic hydroxyl groups is 1. The summed E-state index contributed by atoms with van der Waals surface area (Å²) < 4.78 is 0. The van der Waals surface area contributed by atoms with E-state index in [9.17, 15) is 9.90 Å². The average Bonchev–Trinajstić information content (AvgIpc) is 3.09. The van der Waals surface area contributed by atoms with Crippen LogP contribution in [0.2, 0.25) is 0 Å². The number of rotatable bonds is 8. The number of anilines is 1. The predicted molar refractivity (Wildman–Crippen MR) is 157 cm³/mol. The molecule has 0 unspecified atom stereocenters. The molecule has 0 spiro atoms. The number of amides is 1. The Morgan fingerprint density at radius 1 is 1.03 bits per heavy atom. The number of hydrogen-bond acceptors (Lipinski definition) is 6. The molecule has 38 heavy (non-hydrogen) atoms. The molecule has 2 N–H and O–H groups in total. The van der Waals surface area contributed by atoms with Crippen molar-refractivity contribution in [1.82, 2.24) is 10.2 Å². The number of phenolic OH excluding ortho intramolecular Hbond substituents is 1. The Balaban J connectivity index is 1.13. The number of carbonyl (C=O) groups is 1. The average molecular weight is 529 g/mol. The van der Waals surface area contributed by atoms with Crippen LogP contribution >= 0.6 is 11.8 Å². The van der Waals surface area contributed by atoms with Gasteiger partial charge in [-0.1, -0.05) is 49.4 Å². The third-order valence-electron chi connectivity index (χ3n) is 7.22. The van der Waals surface area contributed by atoms with Gasteiger partial charge in [0.25, 0.3) is 5.91 Å². The Hall–Kier alpha value is -3.29. The number of benzene rings is 3. The molecule has 0 radical (unpaired) electrons. The molecule has 0 saturated carbocycles. The molecule has 1 fully saturated rings. The van der Waals surface area contributed by atoms with Crippen molar-refractivity contribution in [2.45, 2.75) is 42.9 Å². The van der Waals surface area contributed by atoms with Crippen molar-refractivity contribution in [3.8, 4) is 5.75 Å². The molecule has 0 bridgehead atoms. The van der Waals surface area contributed by atoms with E-state index in [2.05, 4.69) is 53.2 Å². The molecule has 198 valence electrons. The molecule has 0 aliphatic carbocycles. The van der Waals surface area contributed by atoms with Crippen LogP contribution in [0.15, 0.2) is 75.4 Å². The Kier molecular flexibility index (Phi) is 8.35. The maximum atomic E-state index is 12.9. The van der Waals surface area contributed by atoms with Crippen LogP contribution in [0.3, 0.4) is 0 Å². The van der Waals surface area contributed by atoms with Gasteiger partial charge in [-0.2, -0.15) is 0 Å². The van der Waals surface area contributed by atoms with Crippen molar-refractivity contribution in [3.05, 3.63) is 77.4 Å². The fourth-order valence-corrected chi connectivity index (χ4v) is 6.16. The summed E-state index contributed by atoms with van der Waals surface area (Å²) in [6.45, 7) is 9.69. The minimum atomic E-state index is -0.0454. The van der Waals surface area contributed by atoms with Crippen LogP contribution in [0.1, 0.15) is 47.7 Å². The first-order valence-corrected chi connectivity index (χ1v) is 14.4. The number of aryl methyl sites for hydroxylation is 1. The topological polar surface area (TPSA) is 68.2 Å². The molecule has 5 rings (SSSR count). The molecule has 2 aliphatic heterocycles. The lowest BCUT2D eigenvalue weighted by Crippen LogP contribution is -2.47. The van der Waals surface area contributed by atoms with Gasteiger partial charge >= 0.3 is 0 Å². The van der Waals surface area contributed by atoms with Crippen LogP contribution in [0.25, 0.3) is 0 Å². The molecule has 1 amide bonds. The highest BCUT2D eigenvalue weighted by Crippen LogP contribution is 2.41. The van der Waals surface area contributed by atoms with E-state index in [0.717, 1.165) is 74.0 Å². The highest BCUT2D eigenvalue weighted by molar-refractivity contribution is 7.99. The quantitative estimate of drug-likeness (QED) is 0.350. The number of fused-ring (bicyclic) bond motifs is 2. The number of nitrogens with zero attached hydrogens (tertiary/aromatic N) is 3. The molecular weight excluding hydrogens is 492 g/mol. The first kappa shape index (κ1) is 26.3. The van der Waals surface area contributed by atoms with Gasteiger partial charge in [0.15, 0.2) is 0 Å². The summed E-state index contributed by atoms with van der Waals surface area (Å²) in [6, 6.07) is 19.9. The van der Waals surface area contributed by atoms with Gasteiger partial charge in [-0.05, 0) is 62.2 Å². The SMILES string of the molecule is CCCC1=Nc2cc(C(=O)NCCCN3CCN(c4cc(O)ccc4C)CC3)ccc2Sc2ccccc21. The lowest BCUT2D eigenvalue weighted by Gasteiger charge is -2.36. The largest absolute Gasteiger partial charge is 0.508 e. The minimum Gasteiger partial charge on any atom is -0.508 e. The van der Waals surface area contributed by atoms with E-state index >= 15 is 0 Å². The maximum Gasteiger partial charge on any atom is 0.251 e. The normalized spacial score (nSPS) is 15.3. The summed E-state index contributed by atoms with van der Waals surface area (Å²) in [7, 11) is 0. The zero-order chi connectivity index (χ0) is 26.5. The van der Waals surface area contributed by atoms with Crippen LogP contribution in [0, 0.1) is 6.92 Å². The Bertz CT molecular complexity index is 1330. The lowest BCUT2D eigenvalue weighted by atomic mass is 10.1. The van der Waals surface area contributed by atoms with E-state index in [4.69, 9.17) is 4.99 Å². The summed E-state index contributed by atoms with van der Waals surface area (Å²) in [4.78, 5) is 25.0. The van der Waals surface area contributed by atoms with Crippen molar-refractivity contribution in [2.24, 2.45) is 4.99 Å². The van der Waals surface area contributed by atoms with E-state index in [0.29, 0.717) is 17.9 Å². The number of piperazine rings is 1. The van der Waals surface area contributed by atoms with Crippen molar-refractivity contribution < 1.29 is 9.90 Å². The van der Waals surface area contributed by atoms with Gasteiger partial charge in [-0.3, -0.25) is 14.7 Å². The fraction of sp³-hybridized carbons (Fsp3) is 0.355. The van der Waals surface area contributed by atoms with Gasteiger partial charge in [-0.15, -0.1) is 0 Å². The molecule has 2 heterocycles. The highest BCUT2D eigenvalue weighted by Gasteiger charge is 2.20. The molecule has 6 nitrogen and oxygen atoms in total. The molecule has 0 atom stereocenters. The number of aliphatic imine (C=N–C) groups is 1. The number of carbonyl (C=O) groups excluding carboxylic acids is 1. The second kappa shape index (κ2) is 12.0. The summed E-state index contributed by atoms with van der Waals surface area (Å²) in [6.07, 6.45) is 2.85. The van der Waals surface area contributed by atoms with Gasteiger partial charge < -0.3 is 15.3 Å². The first-order valence-electron chi connectivity index (χ1n) is 13.6. The molecule has 7 heteroatoms. The third kappa shape index (κ3) is 6.05. The van der Waals surface area contributed by atoms with Crippen LogP contribution in [-0.2, 0) is 0 Å². The Labute approximate surface area is 229 Å². The van der Waals surface area contributed by atoms with Crippen molar-refractivity contribution >= 4 is 34.8 Å². The van der Waals surface area contributed by atoms with E-state index in [-0.39, 0.29) is 5.91 Å². The summed E-state index contributed by atoms with van der Waals surface area (Å²) in [5.74, 6) is 0.270. The summed E-state index contributed by atoms with van der Waals surface area (Å²) >= 11 is 1.72. The van der Waals surface area contributed by atoms with Gasteiger partial charge in [0.2, 0.25) is 0 Å². The van der Waals surface area contributed by atoms with E-state index < -0.39 is 0 Å². The third-order valence-corrected chi connectivity index (χ3v) is 8.36. The molecule has 3 aromatic rings. The molecule has 3 aromatic carbocycles. The second-order valence-corrected chi connectivity index (χ2v) is 11.1. The van der Waals surface area contributed by atoms with Gasteiger partial charge in [0.1, 0.15) is 5.75 Å². The van der Waals surface area contributed by atoms with E-state index in [1.165, 1.54) is 16.0 Å². The standard InChI is InChI=1S/C31H36N4O2S/c1-3-7-26-25-8-4-5-9-29(25)38-30-13-11-23(20-27(30)33-26)31(37)32-14-6-15-34-16-18-35(19-17-34)28-21-24(36)12-10-22(28)2/h4-5,8-13,20-21,36H,3,6-7,14-19H2,1-2H3,(H,32,37). The predicted octanol–water partition coefficient (Wildman–Crippen LogP) is 6.03. The number of phenols is 1. The van der Waals surface area contributed by atoms with Crippen molar-refractivity contribution in [1.29, 1.82) is 0 Å². The Morgan fingerprint density at radius 2 is 1.84 bits per heavy atom. The fourth-order valence-electron chi connectivity index (χ4n) is 5.14. The highest BCUT2D eigenvalue weighted by atomic mass is 32.2. The van der Waals surface area contributed by atoms with Crippen LogP contribution < -0.4 is 10.2 Å². The minimum absolute atomic E-state index is 0.0454. The Morgan fingerprint density at radius 3 is 2.66 bits per heavy atom. The zero-order valence-electron chi connectivity index (χ0n) is 22.2. The molecule has 1 saturated heterocycles. The van der Waals surface area contributed by atoms with Crippen molar-refractivity contribution in [3.63, 3.8) is 0 Å². The molecule has 0 aromatic heterocycles. The van der Waals surface area contributed by atoms with Gasteiger partial charge in [-0.25, -0.2) is 0 Å². The van der Waals surface area contributed by atoms with E-state index in [1.54, 1.807) is 17.8 Å². The zero-order valence-corrected chi connectivity index (χ0v) is 23.1.